The molecular weight excluding hydrogens is 285 g/mol. The fraction of sp³-hybridized carbons (Fsp3) is 0.400. The maximum absolute atomic E-state index is 12.4. The number of carbonyl (C=O) groups excluding carboxylic acids is 1. The summed E-state index contributed by atoms with van der Waals surface area (Å²) in [5, 5.41) is 9.94. The van der Waals surface area contributed by atoms with Crippen LogP contribution in [0.25, 0.3) is 0 Å². The van der Waals surface area contributed by atoms with Gasteiger partial charge in [0.15, 0.2) is 0 Å². The van der Waals surface area contributed by atoms with Crippen molar-refractivity contribution in [2.24, 2.45) is 5.92 Å². The van der Waals surface area contributed by atoms with Gasteiger partial charge in [-0.05, 0) is 23.6 Å². The first-order valence-corrected chi connectivity index (χ1v) is 6.34. The molecule has 0 fully saturated rings. The summed E-state index contributed by atoms with van der Waals surface area (Å²) >= 11 is 0. The van der Waals surface area contributed by atoms with Crippen molar-refractivity contribution >= 4 is 5.97 Å². The number of ether oxygens (including phenoxy) is 1. The molecule has 0 aromatic heterocycles. The number of benzene rings is 1. The van der Waals surface area contributed by atoms with Crippen molar-refractivity contribution in [1.82, 2.24) is 0 Å². The molecule has 0 aliphatic carbocycles. The largest absolute Gasteiger partial charge is 0.462 e. The van der Waals surface area contributed by atoms with Crippen molar-refractivity contribution in [3.8, 4) is 0 Å². The van der Waals surface area contributed by atoms with Gasteiger partial charge in [0.1, 0.15) is 6.10 Å². The highest BCUT2D eigenvalue weighted by molar-refractivity contribution is 5.89. The number of hydrogen-bond donors (Lipinski definition) is 1. The second kappa shape index (κ2) is 6.76. The van der Waals surface area contributed by atoms with E-state index in [0.717, 1.165) is 24.3 Å². The smallest absolute Gasteiger partial charge is 0.416 e. The Kier molecular flexibility index (Phi) is 5.54. The SMILES string of the molecule is C=C(C(=O)OCC(C)C)C(O)c1ccc(C(F)(F)F)cc1. The third kappa shape index (κ3) is 4.90. The second-order valence-electron chi connectivity index (χ2n) is 5.04. The Morgan fingerprint density at radius 3 is 2.24 bits per heavy atom. The van der Waals surface area contributed by atoms with Crippen molar-refractivity contribution in [3.63, 3.8) is 0 Å². The zero-order valence-corrected chi connectivity index (χ0v) is 11.8. The predicted octanol–water partition coefficient (Wildman–Crippen LogP) is 3.49. The van der Waals surface area contributed by atoms with E-state index in [1.54, 1.807) is 0 Å². The molecule has 0 heterocycles. The van der Waals surface area contributed by atoms with Gasteiger partial charge in [0.05, 0.1) is 17.7 Å². The van der Waals surface area contributed by atoms with E-state index in [2.05, 4.69) is 6.58 Å². The minimum atomic E-state index is -4.45. The Morgan fingerprint density at radius 1 is 1.29 bits per heavy atom. The lowest BCUT2D eigenvalue weighted by molar-refractivity contribution is -0.141. The van der Waals surface area contributed by atoms with Crippen LogP contribution in [0.1, 0.15) is 31.1 Å². The number of rotatable bonds is 5. The molecule has 1 atom stereocenters. The molecule has 1 aromatic rings. The first-order valence-electron chi connectivity index (χ1n) is 6.34. The van der Waals surface area contributed by atoms with E-state index >= 15 is 0 Å². The Bertz CT molecular complexity index is 504. The van der Waals surface area contributed by atoms with Crippen molar-refractivity contribution in [3.05, 3.63) is 47.5 Å². The van der Waals surface area contributed by atoms with Crippen molar-refractivity contribution < 1.29 is 27.8 Å². The van der Waals surface area contributed by atoms with Crippen LogP contribution in [0.3, 0.4) is 0 Å². The van der Waals surface area contributed by atoms with Gasteiger partial charge in [-0.1, -0.05) is 32.6 Å². The average molecular weight is 302 g/mol. The summed E-state index contributed by atoms with van der Waals surface area (Å²) < 4.78 is 42.2. The number of halogens is 3. The van der Waals surface area contributed by atoms with Crippen LogP contribution in [0.15, 0.2) is 36.4 Å². The molecule has 1 N–H and O–H groups in total. The summed E-state index contributed by atoms with van der Waals surface area (Å²) in [5.41, 5.74) is -0.892. The summed E-state index contributed by atoms with van der Waals surface area (Å²) in [6, 6.07) is 3.89. The van der Waals surface area contributed by atoms with Crippen LogP contribution in [0.2, 0.25) is 0 Å². The van der Waals surface area contributed by atoms with Crippen LogP contribution >= 0.6 is 0 Å². The van der Waals surface area contributed by atoms with Gasteiger partial charge in [0.2, 0.25) is 0 Å². The molecule has 1 unspecified atom stereocenters. The third-order valence-electron chi connectivity index (χ3n) is 2.69. The first kappa shape index (κ1) is 17.2. The van der Waals surface area contributed by atoms with Crippen LogP contribution in [0.5, 0.6) is 0 Å². The molecule has 0 aliphatic heterocycles. The summed E-state index contributed by atoms with van der Waals surface area (Å²) in [5.74, 6) is -0.638. The Hall–Kier alpha value is -1.82. The normalized spacial score (nSPS) is 13.1. The molecule has 0 saturated heterocycles. The van der Waals surface area contributed by atoms with Gasteiger partial charge < -0.3 is 9.84 Å². The van der Waals surface area contributed by atoms with E-state index in [1.807, 2.05) is 13.8 Å². The molecule has 0 amide bonds. The zero-order chi connectivity index (χ0) is 16.2. The molecule has 3 nitrogen and oxygen atoms in total. The lowest BCUT2D eigenvalue weighted by Gasteiger charge is -2.15. The molecule has 1 aromatic carbocycles. The number of alkyl halides is 3. The summed E-state index contributed by atoms with van der Waals surface area (Å²) in [6.07, 6.45) is -5.84. The highest BCUT2D eigenvalue weighted by Gasteiger charge is 2.30. The zero-order valence-electron chi connectivity index (χ0n) is 11.8. The molecule has 0 bridgehead atoms. The summed E-state index contributed by atoms with van der Waals surface area (Å²) in [7, 11) is 0. The van der Waals surface area contributed by atoms with E-state index in [-0.39, 0.29) is 23.7 Å². The Morgan fingerprint density at radius 2 is 1.81 bits per heavy atom. The van der Waals surface area contributed by atoms with Crippen LogP contribution in [-0.2, 0) is 15.7 Å². The lowest BCUT2D eigenvalue weighted by Crippen LogP contribution is -2.16. The molecule has 21 heavy (non-hydrogen) atoms. The van der Waals surface area contributed by atoms with E-state index < -0.39 is 23.8 Å². The van der Waals surface area contributed by atoms with Crippen LogP contribution < -0.4 is 0 Å². The van der Waals surface area contributed by atoms with Crippen LogP contribution in [0, 0.1) is 5.92 Å². The fourth-order valence-electron chi connectivity index (χ4n) is 1.50. The Balaban J connectivity index is 2.76. The third-order valence-corrected chi connectivity index (χ3v) is 2.69. The first-order chi connectivity index (χ1) is 9.62. The van der Waals surface area contributed by atoms with Crippen LogP contribution in [0.4, 0.5) is 13.2 Å². The molecular formula is C15H17F3O3. The lowest BCUT2D eigenvalue weighted by atomic mass is 10.0. The van der Waals surface area contributed by atoms with Gasteiger partial charge in [-0.2, -0.15) is 13.2 Å². The molecule has 0 aliphatic rings. The van der Waals surface area contributed by atoms with Crippen molar-refractivity contribution in [1.29, 1.82) is 0 Å². The number of hydrogen-bond acceptors (Lipinski definition) is 3. The van der Waals surface area contributed by atoms with Crippen molar-refractivity contribution in [2.45, 2.75) is 26.1 Å². The molecule has 1 rings (SSSR count). The highest BCUT2D eigenvalue weighted by Crippen LogP contribution is 2.30. The monoisotopic (exact) mass is 302 g/mol. The standard InChI is InChI=1S/C15H17F3O3/c1-9(2)8-21-14(20)10(3)13(19)11-4-6-12(7-5-11)15(16,17)18/h4-7,9,13,19H,3,8H2,1-2H3. The van der Waals surface area contributed by atoms with E-state index in [9.17, 15) is 23.1 Å². The topological polar surface area (TPSA) is 46.5 Å². The van der Waals surface area contributed by atoms with Gasteiger partial charge in [-0.3, -0.25) is 0 Å². The predicted molar refractivity (Wildman–Crippen MR) is 71.3 cm³/mol. The van der Waals surface area contributed by atoms with Gasteiger partial charge in [0.25, 0.3) is 0 Å². The van der Waals surface area contributed by atoms with Gasteiger partial charge >= 0.3 is 12.1 Å². The molecule has 0 radical (unpaired) electrons. The number of aliphatic hydroxyl groups is 1. The number of aliphatic hydroxyl groups excluding tert-OH is 1. The van der Waals surface area contributed by atoms with E-state index in [4.69, 9.17) is 4.74 Å². The summed E-state index contributed by atoms with van der Waals surface area (Å²) in [6.45, 7) is 7.31. The molecule has 116 valence electrons. The molecule has 0 spiro atoms. The van der Waals surface area contributed by atoms with Gasteiger partial charge in [-0.25, -0.2) is 4.79 Å². The van der Waals surface area contributed by atoms with Gasteiger partial charge in [-0.15, -0.1) is 0 Å². The van der Waals surface area contributed by atoms with E-state index in [0.29, 0.717) is 0 Å². The highest BCUT2D eigenvalue weighted by atomic mass is 19.4. The molecule has 0 saturated carbocycles. The average Bonchev–Trinajstić information content (AvgIpc) is 2.42. The minimum absolute atomic E-state index is 0.130. The van der Waals surface area contributed by atoms with Crippen LogP contribution in [-0.4, -0.2) is 17.7 Å². The summed E-state index contributed by atoms with van der Waals surface area (Å²) in [4.78, 5) is 11.6. The maximum atomic E-state index is 12.4. The molecule has 6 heteroatoms. The second-order valence-corrected chi connectivity index (χ2v) is 5.04. The quantitative estimate of drug-likeness (QED) is 0.669. The van der Waals surface area contributed by atoms with Gasteiger partial charge in [0, 0.05) is 0 Å². The fourth-order valence-corrected chi connectivity index (χ4v) is 1.50. The maximum Gasteiger partial charge on any atom is 0.416 e. The van der Waals surface area contributed by atoms with E-state index in [1.165, 1.54) is 0 Å². The Labute approximate surface area is 121 Å². The minimum Gasteiger partial charge on any atom is -0.462 e. The number of esters is 1. The van der Waals surface area contributed by atoms with Crippen molar-refractivity contribution in [2.75, 3.05) is 6.61 Å². The number of carbonyl (C=O) groups is 1.